The van der Waals surface area contributed by atoms with E-state index in [1.807, 2.05) is 34.7 Å². The van der Waals surface area contributed by atoms with Crippen molar-refractivity contribution in [2.75, 3.05) is 24.5 Å². The number of hydrogen-bond donors (Lipinski definition) is 0. The number of carbonyl (C=O) groups excluding carboxylic acids is 1. The van der Waals surface area contributed by atoms with E-state index in [1.54, 1.807) is 23.6 Å². The lowest BCUT2D eigenvalue weighted by Crippen LogP contribution is -2.45. The van der Waals surface area contributed by atoms with Crippen LogP contribution in [0.15, 0.2) is 72.4 Å². The van der Waals surface area contributed by atoms with Crippen molar-refractivity contribution in [3.8, 4) is 0 Å². The molecule has 202 valence electrons. The smallest absolute Gasteiger partial charge is 0.227 e. The monoisotopic (exact) mass is 570 g/mol. The number of halogens is 2. The second-order valence-corrected chi connectivity index (χ2v) is 12.3. The number of anilines is 1. The molecule has 3 aromatic carbocycles. The first-order valence-electron chi connectivity index (χ1n) is 13.7. The van der Waals surface area contributed by atoms with Crippen LogP contribution in [0.3, 0.4) is 0 Å². The summed E-state index contributed by atoms with van der Waals surface area (Å²) in [4.78, 5) is 27.0. The van der Waals surface area contributed by atoms with Crippen LogP contribution < -0.4 is 4.90 Å². The topological polar surface area (TPSA) is 49.3 Å². The minimum Gasteiger partial charge on any atom is -0.311 e. The molecule has 0 aliphatic carbocycles. The third kappa shape index (κ3) is 4.66. The van der Waals surface area contributed by atoms with E-state index >= 15 is 0 Å². The summed E-state index contributed by atoms with van der Waals surface area (Å²) in [6, 6.07) is 19.2. The van der Waals surface area contributed by atoms with Gasteiger partial charge in [0.25, 0.3) is 0 Å². The Labute approximate surface area is 241 Å². The fourth-order valence-electron chi connectivity index (χ4n) is 6.51. The molecule has 0 radical (unpaired) electrons. The summed E-state index contributed by atoms with van der Waals surface area (Å²) >= 11 is 7.72. The molecule has 0 unspecified atom stereocenters. The van der Waals surface area contributed by atoms with Crippen molar-refractivity contribution in [3.05, 3.63) is 100 Å². The molecular formula is C32H28ClFN4OS. The molecule has 2 aliphatic heterocycles. The summed E-state index contributed by atoms with van der Waals surface area (Å²) in [5.74, 6) is -0.0717. The molecule has 5 aromatic rings. The maximum absolute atomic E-state index is 13.6. The average molecular weight is 571 g/mol. The van der Waals surface area contributed by atoms with Crippen LogP contribution in [0, 0.1) is 5.82 Å². The van der Waals surface area contributed by atoms with Crippen LogP contribution in [0.1, 0.15) is 36.0 Å². The molecule has 1 saturated heterocycles. The van der Waals surface area contributed by atoms with Crippen molar-refractivity contribution in [2.45, 2.75) is 37.6 Å². The fraction of sp³-hybridized carbons (Fsp3) is 0.281. The first kappa shape index (κ1) is 25.6. The van der Waals surface area contributed by atoms with Crippen molar-refractivity contribution < 1.29 is 9.18 Å². The zero-order valence-electron chi connectivity index (χ0n) is 21.9. The first-order valence-corrected chi connectivity index (χ1v) is 14.9. The van der Waals surface area contributed by atoms with Gasteiger partial charge >= 0.3 is 0 Å². The SMILES string of the molecule is O=C(CCc1ccnc(Cl)c1)N1CC2(CCN(Cc3ccc4cc(F)ccc4c3)CC2)c2c1ccc1scnc21. The second kappa shape index (κ2) is 10.2. The van der Waals surface area contributed by atoms with Gasteiger partial charge in [-0.15, -0.1) is 11.3 Å². The molecular weight excluding hydrogens is 543 g/mol. The van der Waals surface area contributed by atoms with Crippen LogP contribution in [0.25, 0.3) is 21.0 Å². The Bertz CT molecular complexity index is 1750. The van der Waals surface area contributed by atoms with Gasteiger partial charge in [0.15, 0.2) is 0 Å². The normalized spacial score (nSPS) is 16.7. The Kier molecular flexibility index (Phi) is 6.53. The molecule has 2 aliphatic rings. The summed E-state index contributed by atoms with van der Waals surface area (Å²) in [6.07, 6.45) is 4.68. The second-order valence-electron chi connectivity index (χ2n) is 11.0. The molecule has 7 rings (SSSR count). The number of thiazole rings is 1. The Hall–Kier alpha value is -3.39. The quantitative estimate of drug-likeness (QED) is 0.211. The molecule has 8 heteroatoms. The summed E-state index contributed by atoms with van der Waals surface area (Å²) in [5.41, 5.74) is 7.38. The van der Waals surface area contributed by atoms with E-state index < -0.39 is 0 Å². The maximum Gasteiger partial charge on any atom is 0.227 e. The van der Waals surface area contributed by atoms with Gasteiger partial charge in [-0.25, -0.2) is 14.4 Å². The minimum atomic E-state index is -0.207. The highest BCUT2D eigenvalue weighted by molar-refractivity contribution is 7.16. The van der Waals surface area contributed by atoms with Gasteiger partial charge in [0.1, 0.15) is 11.0 Å². The Balaban J connectivity index is 1.11. The van der Waals surface area contributed by atoms with Crippen molar-refractivity contribution in [1.82, 2.24) is 14.9 Å². The number of aromatic nitrogens is 2. The fourth-order valence-corrected chi connectivity index (χ4v) is 7.39. The molecule has 2 aromatic heterocycles. The number of piperidine rings is 1. The zero-order valence-corrected chi connectivity index (χ0v) is 23.5. The number of nitrogens with zero attached hydrogens (tertiary/aromatic N) is 4. The molecule has 4 heterocycles. The predicted octanol–water partition coefficient (Wildman–Crippen LogP) is 7.15. The largest absolute Gasteiger partial charge is 0.311 e. The van der Waals surface area contributed by atoms with Crippen LogP contribution in [0.2, 0.25) is 5.15 Å². The Morgan fingerprint density at radius 1 is 0.975 bits per heavy atom. The minimum absolute atomic E-state index is 0.101. The number of hydrogen-bond acceptors (Lipinski definition) is 5. The van der Waals surface area contributed by atoms with Gasteiger partial charge in [-0.05, 0) is 96.7 Å². The molecule has 0 bridgehead atoms. The molecule has 1 fully saturated rings. The number of carbonyl (C=O) groups is 1. The average Bonchev–Trinajstić information content (AvgIpc) is 3.56. The molecule has 0 saturated carbocycles. The van der Waals surface area contributed by atoms with Gasteiger partial charge in [0.2, 0.25) is 5.91 Å². The van der Waals surface area contributed by atoms with Gasteiger partial charge < -0.3 is 4.90 Å². The van der Waals surface area contributed by atoms with E-state index in [2.05, 4.69) is 34.1 Å². The van der Waals surface area contributed by atoms with Gasteiger partial charge in [0, 0.05) is 42.4 Å². The molecule has 0 atom stereocenters. The molecule has 5 nitrogen and oxygen atoms in total. The summed E-state index contributed by atoms with van der Waals surface area (Å²) in [5, 5.41) is 2.44. The van der Waals surface area contributed by atoms with Gasteiger partial charge in [-0.2, -0.15) is 0 Å². The summed E-state index contributed by atoms with van der Waals surface area (Å²) in [7, 11) is 0. The molecule has 1 amide bonds. The lowest BCUT2D eigenvalue weighted by molar-refractivity contribution is -0.118. The van der Waals surface area contributed by atoms with Crippen LogP contribution in [-0.4, -0.2) is 40.4 Å². The zero-order chi connectivity index (χ0) is 27.3. The van der Waals surface area contributed by atoms with E-state index in [9.17, 15) is 9.18 Å². The number of fused-ring (bicyclic) bond motifs is 5. The molecule has 40 heavy (non-hydrogen) atoms. The van der Waals surface area contributed by atoms with Gasteiger partial charge in [-0.3, -0.25) is 9.69 Å². The van der Waals surface area contributed by atoms with Gasteiger partial charge in [-0.1, -0.05) is 29.8 Å². The van der Waals surface area contributed by atoms with Crippen molar-refractivity contribution in [3.63, 3.8) is 0 Å². The number of pyridine rings is 1. The Morgan fingerprint density at radius 2 is 1.80 bits per heavy atom. The number of rotatable bonds is 5. The number of amides is 1. The predicted molar refractivity (Wildman–Crippen MR) is 160 cm³/mol. The van der Waals surface area contributed by atoms with Crippen molar-refractivity contribution in [2.24, 2.45) is 0 Å². The van der Waals surface area contributed by atoms with Crippen LogP contribution in [0.4, 0.5) is 10.1 Å². The van der Waals surface area contributed by atoms with Crippen molar-refractivity contribution in [1.29, 1.82) is 0 Å². The summed E-state index contributed by atoms with van der Waals surface area (Å²) < 4.78 is 14.8. The van der Waals surface area contributed by atoms with E-state index in [-0.39, 0.29) is 17.1 Å². The highest BCUT2D eigenvalue weighted by atomic mass is 35.5. The highest BCUT2D eigenvalue weighted by Gasteiger charge is 2.47. The first-order chi connectivity index (χ1) is 19.5. The molecule has 0 N–H and O–H groups in total. The van der Waals surface area contributed by atoms with Crippen LogP contribution >= 0.6 is 22.9 Å². The van der Waals surface area contributed by atoms with Gasteiger partial charge in [0.05, 0.1) is 15.7 Å². The standard InChI is InChI=1S/C32H28ClFN4OS/c33-28-16-21(9-12-35-28)2-8-29(39)38-19-32(30-26(38)6-7-27-31(30)36-20-40-27)10-13-37(14-11-32)18-22-1-3-24-17-25(34)5-4-23(24)15-22/h1,3-7,9,12,15-17,20H,2,8,10-11,13-14,18-19H2. The molecule has 1 spiro atoms. The van der Waals surface area contributed by atoms with E-state index in [0.29, 0.717) is 24.5 Å². The third-order valence-corrected chi connectivity index (χ3v) is 9.57. The highest BCUT2D eigenvalue weighted by Crippen LogP contribution is 2.50. The number of benzene rings is 3. The lowest BCUT2D eigenvalue weighted by Gasteiger charge is -2.40. The van der Waals surface area contributed by atoms with E-state index in [4.69, 9.17) is 16.6 Å². The summed E-state index contributed by atoms with van der Waals surface area (Å²) in [6.45, 7) is 3.44. The Morgan fingerprint density at radius 3 is 2.65 bits per heavy atom. The number of likely N-dealkylation sites (tertiary alicyclic amines) is 1. The van der Waals surface area contributed by atoms with E-state index in [1.165, 1.54) is 21.9 Å². The van der Waals surface area contributed by atoms with Crippen LogP contribution in [-0.2, 0) is 23.2 Å². The number of aryl methyl sites for hydroxylation is 1. The van der Waals surface area contributed by atoms with Crippen LogP contribution in [0.5, 0.6) is 0 Å². The van der Waals surface area contributed by atoms with Crippen molar-refractivity contribution >= 4 is 55.5 Å². The third-order valence-electron chi connectivity index (χ3n) is 8.57. The maximum atomic E-state index is 13.6. The lowest BCUT2D eigenvalue weighted by atomic mass is 9.74. The van der Waals surface area contributed by atoms with E-state index in [0.717, 1.165) is 60.0 Å².